The van der Waals surface area contributed by atoms with Crippen molar-refractivity contribution in [1.29, 1.82) is 0 Å². The molecule has 25 heavy (non-hydrogen) atoms. The number of carbonyl (C=O) groups excluding carboxylic acids is 1. The molecule has 0 saturated carbocycles. The van der Waals surface area contributed by atoms with Gasteiger partial charge in [-0.2, -0.15) is 0 Å². The van der Waals surface area contributed by atoms with Gasteiger partial charge in [0.2, 0.25) is 0 Å². The van der Waals surface area contributed by atoms with E-state index in [1.807, 2.05) is 55.5 Å². The van der Waals surface area contributed by atoms with Crippen LogP contribution in [0.4, 0.5) is 16.5 Å². The second-order valence-electron chi connectivity index (χ2n) is 5.08. The Morgan fingerprint density at radius 2 is 1.80 bits per heavy atom. The van der Waals surface area contributed by atoms with E-state index >= 15 is 0 Å². The van der Waals surface area contributed by atoms with Crippen LogP contribution in [0.1, 0.15) is 17.4 Å². The monoisotopic (exact) mass is 417 g/mol. The quantitative estimate of drug-likeness (QED) is 0.570. The Hall–Kier alpha value is -2.38. The van der Waals surface area contributed by atoms with Gasteiger partial charge in [0.25, 0.3) is 5.91 Å². The van der Waals surface area contributed by atoms with Gasteiger partial charge in [0.15, 0.2) is 5.13 Å². The number of halogens is 1. The smallest absolute Gasteiger partial charge is 0.275 e. The zero-order valence-electron chi connectivity index (χ0n) is 13.5. The molecular formula is C18H16BrN3O2S. The summed E-state index contributed by atoms with van der Waals surface area (Å²) >= 11 is 4.74. The Morgan fingerprint density at radius 3 is 2.48 bits per heavy atom. The van der Waals surface area contributed by atoms with Crippen molar-refractivity contribution in [3.05, 3.63) is 64.1 Å². The van der Waals surface area contributed by atoms with Crippen LogP contribution in [-0.4, -0.2) is 17.5 Å². The van der Waals surface area contributed by atoms with Gasteiger partial charge >= 0.3 is 0 Å². The minimum Gasteiger partial charge on any atom is -0.494 e. The predicted molar refractivity (Wildman–Crippen MR) is 105 cm³/mol. The summed E-state index contributed by atoms with van der Waals surface area (Å²) in [5.74, 6) is 0.583. The topological polar surface area (TPSA) is 63.2 Å². The zero-order chi connectivity index (χ0) is 17.6. The van der Waals surface area contributed by atoms with Crippen LogP contribution < -0.4 is 15.4 Å². The standard InChI is InChI=1S/C18H16BrN3O2S/c1-2-24-15-9-7-14(8-10-15)21-18-22-16(11-25-18)17(23)20-13-5-3-12(19)4-6-13/h3-11H,2H2,1H3,(H,20,23)(H,21,22). The Balaban J connectivity index is 1.63. The van der Waals surface area contributed by atoms with Crippen molar-refractivity contribution in [3.63, 3.8) is 0 Å². The molecule has 2 N–H and O–H groups in total. The van der Waals surface area contributed by atoms with Gasteiger partial charge in [-0.05, 0) is 55.5 Å². The molecule has 128 valence electrons. The first kappa shape index (κ1) is 17.4. The number of carbonyl (C=O) groups is 1. The van der Waals surface area contributed by atoms with Crippen LogP contribution in [0.3, 0.4) is 0 Å². The number of aromatic nitrogens is 1. The Bertz CT molecular complexity index is 848. The van der Waals surface area contributed by atoms with Gasteiger partial charge in [0, 0.05) is 21.2 Å². The van der Waals surface area contributed by atoms with Crippen LogP contribution >= 0.6 is 27.3 Å². The minimum absolute atomic E-state index is 0.238. The van der Waals surface area contributed by atoms with E-state index in [0.717, 1.165) is 21.6 Å². The van der Waals surface area contributed by atoms with E-state index in [1.165, 1.54) is 11.3 Å². The average Bonchev–Trinajstić information content (AvgIpc) is 3.08. The lowest BCUT2D eigenvalue weighted by Gasteiger charge is -2.05. The first-order valence-electron chi connectivity index (χ1n) is 7.66. The van der Waals surface area contributed by atoms with Crippen LogP contribution in [0.5, 0.6) is 5.75 Å². The number of thiazole rings is 1. The predicted octanol–water partition coefficient (Wildman–Crippen LogP) is 5.30. The molecule has 1 aromatic heterocycles. The molecule has 7 heteroatoms. The van der Waals surface area contributed by atoms with E-state index in [0.29, 0.717) is 17.4 Å². The highest BCUT2D eigenvalue weighted by molar-refractivity contribution is 9.10. The molecule has 0 spiro atoms. The lowest BCUT2D eigenvalue weighted by Crippen LogP contribution is -2.12. The highest BCUT2D eigenvalue weighted by Crippen LogP contribution is 2.23. The second kappa shape index (κ2) is 8.13. The fourth-order valence-electron chi connectivity index (χ4n) is 2.09. The first-order valence-corrected chi connectivity index (χ1v) is 9.33. The summed E-state index contributed by atoms with van der Waals surface area (Å²) in [4.78, 5) is 16.6. The molecule has 0 atom stereocenters. The van der Waals surface area contributed by atoms with Crippen LogP contribution in [0.15, 0.2) is 58.4 Å². The van der Waals surface area contributed by atoms with E-state index in [-0.39, 0.29) is 5.91 Å². The molecule has 3 rings (SSSR count). The Morgan fingerprint density at radius 1 is 1.12 bits per heavy atom. The zero-order valence-corrected chi connectivity index (χ0v) is 15.9. The summed E-state index contributed by atoms with van der Waals surface area (Å²) in [6, 6.07) is 15.0. The highest BCUT2D eigenvalue weighted by atomic mass is 79.9. The second-order valence-corrected chi connectivity index (χ2v) is 6.86. The summed E-state index contributed by atoms with van der Waals surface area (Å²) in [6.07, 6.45) is 0. The molecule has 5 nitrogen and oxygen atoms in total. The largest absolute Gasteiger partial charge is 0.494 e. The molecule has 0 aliphatic heterocycles. The molecule has 0 aliphatic rings. The number of amides is 1. The number of benzene rings is 2. The Labute approximate surface area is 158 Å². The molecule has 1 heterocycles. The third-order valence-corrected chi connectivity index (χ3v) is 4.54. The fraction of sp³-hybridized carbons (Fsp3) is 0.111. The van der Waals surface area contributed by atoms with Crippen LogP contribution in [-0.2, 0) is 0 Å². The van der Waals surface area contributed by atoms with E-state index in [9.17, 15) is 4.79 Å². The lowest BCUT2D eigenvalue weighted by atomic mass is 10.3. The maximum atomic E-state index is 12.3. The molecule has 0 radical (unpaired) electrons. The normalized spacial score (nSPS) is 10.3. The molecule has 0 unspecified atom stereocenters. The molecule has 0 aliphatic carbocycles. The number of ether oxygens (including phenoxy) is 1. The van der Waals surface area contributed by atoms with Gasteiger partial charge in [-0.3, -0.25) is 4.79 Å². The maximum absolute atomic E-state index is 12.3. The van der Waals surface area contributed by atoms with Gasteiger partial charge in [-0.1, -0.05) is 15.9 Å². The average molecular weight is 418 g/mol. The van der Waals surface area contributed by atoms with Crippen molar-refractivity contribution in [2.45, 2.75) is 6.92 Å². The Kier molecular flexibility index (Phi) is 5.67. The summed E-state index contributed by atoms with van der Waals surface area (Å²) < 4.78 is 6.37. The number of hydrogen-bond donors (Lipinski definition) is 2. The van der Waals surface area contributed by atoms with Gasteiger partial charge in [-0.25, -0.2) is 4.98 Å². The molecule has 0 saturated heterocycles. The number of rotatable bonds is 6. The van der Waals surface area contributed by atoms with Gasteiger partial charge in [0.05, 0.1) is 6.61 Å². The van der Waals surface area contributed by atoms with Crippen molar-refractivity contribution in [2.24, 2.45) is 0 Å². The van der Waals surface area contributed by atoms with Crippen LogP contribution in [0, 0.1) is 0 Å². The van der Waals surface area contributed by atoms with E-state index in [2.05, 4.69) is 31.5 Å². The lowest BCUT2D eigenvalue weighted by molar-refractivity contribution is 0.102. The van der Waals surface area contributed by atoms with Crippen molar-refractivity contribution >= 4 is 49.7 Å². The van der Waals surface area contributed by atoms with Crippen LogP contribution in [0.2, 0.25) is 0 Å². The number of hydrogen-bond acceptors (Lipinski definition) is 5. The number of nitrogens with zero attached hydrogens (tertiary/aromatic N) is 1. The summed E-state index contributed by atoms with van der Waals surface area (Å²) in [6.45, 7) is 2.58. The van der Waals surface area contributed by atoms with Crippen molar-refractivity contribution in [3.8, 4) is 5.75 Å². The minimum atomic E-state index is -0.238. The van der Waals surface area contributed by atoms with E-state index in [1.54, 1.807) is 5.38 Å². The van der Waals surface area contributed by atoms with Gasteiger partial charge in [0.1, 0.15) is 11.4 Å². The fourth-order valence-corrected chi connectivity index (χ4v) is 3.06. The SMILES string of the molecule is CCOc1ccc(Nc2nc(C(=O)Nc3ccc(Br)cc3)cs2)cc1. The summed E-state index contributed by atoms with van der Waals surface area (Å²) in [7, 11) is 0. The van der Waals surface area contributed by atoms with Gasteiger partial charge in [-0.15, -0.1) is 11.3 Å². The van der Waals surface area contributed by atoms with Crippen molar-refractivity contribution < 1.29 is 9.53 Å². The first-order chi connectivity index (χ1) is 12.1. The van der Waals surface area contributed by atoms with E-state index in [4.69, 9.17) is 4.74 Å². The molecule has 1 amide bonds. The maximum Gasteiger partial charge on any atom is 0.275 e. The summed E-state index contributed by atoms with van der Waals surface area (Å²) in [5.41, 5.74) is 1.99. The number of anilines is 3. The van der Waals surface area contributed by atoms with E-state index < -0.39 is 0 Å². The molecule has 3 aromatic rings. The molecule has 0 bridgehead atoms. The van der Waals surface area contributed by atoms with Crippen molar-refractivity contribution in [1.82, 2.24) is 4.98 Å². The van der Waals surface area contributed by atoms with Gasteiger partial charge < -0.3 is 15.4 Å². The molecule has 2 aromatic carbocycles. The molecular weight excluding hydrogens is 402 g/mol. The van der Waals surface area contributed by atoms with Crippen molar-refractivity contribution in [2.75, 3.05) is 17.2 Å². The highest BCUT2D eigenvalue weighted by Gasteiger charge is 2.11. The van der Waals surface area contributed by atoms with Crippen LogP contribution in [0.25, 0.3) is 0 Å². The third-order valence-electron chi connectivity index (χ3n) is 3.26. The summed E-state index contributed by atoms with van der Waals surface area (Å²) in [5, 5.41) is 8.39. The molecule has 0 fully saturated rings. The third kappa shape index (κ3) is 4.80. The number of nitrogens with one attached hydrogen (secondary N) is 2.